The van der Waals surface area contributed by atoms with Crippen molar-refractivity contribution in [1.82, 2.24) is 10.3 Å². The van der Waals surface area contributed by atoms with Gasteiger partial charge in [0.2, 0.25) is 0 Å². The van der Waals surface area contributed by atoms with Crippen LogP contribution in [0.4, 0.5) is 0 Å². The van der Waals surface area contributed by atoms with Gasteiger partial charge in [-0.1, -0.05) is 19.3 Å². The fourth-order valence-corrected chi connectivity index (χ4v) is 2.06. The molecule has 1 aliphatic carbocycles. The SMILES string of the molecule is CCN(N=O)C(=S)NC1CCCCC1. The van der Waals surface area contributed by atoms with Crippen molar-refractivity contribution in [3.63, 3.8) is 0 Å². The summed E-state index contributed by atoms with van der Waals surface area (Å²) in [5.74, 6) is 0. The predicted molar refractivity (Wildman–Crippen MR) is 60.8 cm³/mol. The largest absolute Gasteiger partial charge is 0.358 e. The summed E-state index contributed by atoms with van der Waals surface area (Å²) in [6.07, 6.45) is 6.11. The maximum atomic E-state index is 10.4. The molecule has 1 fully saturated rings. The van der Waals surface area contributed by atoms with E-state index in [1.165, 1.54) is 24.3 Å². The van der Waals surface area contributed by atoms with Gasteiger partial charge in [-0.3, -0.25) is 0 Å². The third kappa shape index (κ3) is 3.21. The van der Waals surface area contributed by atoms with Gasteiger partial charge in [-0.2, -0.15) is 0 Å². The molecule has 0 aliphatic heterocycles. The molecule has 1 saturated carbocycles. The van der Waals surface area contributed by atoms with Gasteiger partial charge in [0.1, 0.15) is 0 Å². The lowest BCUT2D eigenvalue weighted by Crippen LogP contribution is -2.42. The summed E-state index contributed by atoms with van der Waals surface area (Å²) in [6, 6.07) is 0.437. The lowest BCUT2D eigenvalue weighted by molar-refractivity contribution is 0.385. The molecular formula is C9H17N3OS. The average molecular weight is 215 g/mol. The zero-order valence-corrected chi connectivity index (χ0v) is 9.35. The van der Waals surface area contributed by atoms with Crippen LogP contribution in [0.1, 0.15) is 39.0 Å². The lowest BCUT2D eigenvalue weighted by atomic mass is 9.96. The van der Waals surface area contributed by atoms with Crippen LogP contribution in [0.3, 0.4) is 0 Å². The van der Waals surface area contributed by atoms with Crippen LogP contribution >= 0.6 is 12.2 Å². The number of thiocarbonyl (C=S) groups is 1. The normalized spacial score (nSPS) is 17.5. The number of hydrogen-bond acceptors (Lipinski definition) is 3. The molecule has 0 aromatic rings. The Labute approximate surface area is 90.0 Å². The van der Waals surface area contributed by atoms with Gasteiger partial charge in [-0.25, -0.2) is 5.01 Å². The Morgan fingerprint density at radius 1 is 1.50 bits per heavy atom. The Hall–Kier alpha value is -0.710. The van der Waals surface area contributed by atoms with Gasteiger partial charge < -0.3 is 5.32 Å². The third-order valence-electron chi connectivity index (χ3n) is 2.57. The predicted octanol–water partition coefficient (Wildman–Crippen LogP) is 2.20. The van der Waals surface area contributed by atoms with E-state index in [0.717, 1.165) is 12.8 Å². The summed E-state index contributed by atoms with van der Waals surface area (Å²) in [5, 5.41) is 7.78. The van der Waals surface area contributed by atoms with Gasteiger partial charge in [0, 0.05) is 12.6 Å². The Kier molecular flexibility index (Phi) is 4.79. The molecule has 0 heterocycles. The molecule has 0 unspecified atom stereocenters. The number of nitrogens with one attached hydrogen (secondary N) is 1. The Morgan fingerprint density at radius 2 is 2.14 bits per heavy atom. The van der Waals surface area contributed by atoms with E-state index in [1.807, 2.05) is 6.92 Å². The smallest absolute Gasteiger partial charge is 0.192 e. The van der Waals surface area contributed by atoms with Crippen molar-refractivity contribution in [3.05, 3.63) is 4.91 Å². The zero-order valence-electron chi connectivity index (χ0n) is 8.53. The molecule has 1 N–H and O–H groups in total. The summed E-state index contributed by atoms with van der Waals surface area (Å²) in [7, 11) is 0. The summed E-state index contributed by atoms with van der Waals surface area (Å²) in [6.45, 7) is 2.39. The number of rotatable bonds is 3. The van der Waals surface area contributed by atoms with E-state index in [2.05, 4.69) is 10.6 Å². The highest BCUT2D eigenvalue weighted by atomic mass is 32.1. The van der Waals surface area contributed by atoms with Gasteiger partial charge in [0.15, 0.2) is 5.11 Å². The van der Waals surface area contributed by atoms with E-state index in [0.29, 0.717) is 17.7 Å². The summed E-state index contributed by atoms with van der Waals surface area (Å²) in [5.41, 5.74) is 0. The van der Waals surface area contributed by atoms with E-state index in [1.54, 1.807) is 0 Å². The first-order chi connectivity index (χ1) is 6.77. The Bertz CT molecular complexity index is 204. The van der Waals surface area contributed by atoms with Gasteiger partial charge in [0.25, 0.3) is 0 Å². The molecule has 4 nitrogen and oxygen atoms in total. The monoisotopic (exact) mass is 215 g/mol. The number of nitroso groups, excluding NO2 is 1. The van der Waals surface area contributed by atoms with Crippen molar-refractivity contribution in [1.29, 1.82) is 0 Å². The van der Waals surface area contributed by atoms with Crippen LogP contribution in [0.5, 0.6) is 0 Å². The minimum absolute atomic E-state index is 0.437. The van der Waals surface area contributed by atoms with Crippen LogP contribution in [0, 0.1) is 4.91 Å². The van der Waals surface area contributed by atoms with E-state index in [4.69, 9.17) is 12.2 Å². The second kappa shape index (κ2) is 5.90. The van der Waals surface area contributed by atoms with Crippen LogP contribution in [-0.4, -0.2) is 22.7 Å². The minimum atomic E-state index is 0.437. The summed E-state index contributed by atoms with van der Waals surface area (Å²) < 4.78 is 0. The first kappa shape index (κ1) is 11.4. The van der Waals surface area contributed by atoms with E-state index < -0.39 is 0 Å². The average Bonchev–Trinajstić information content (AvgIpc) is 2.21. The molecule has 14 heavy (non-hydrogen) atoms. The summed E-state index contributed by atoms with van der Waals surface area (Å²) in [4.78, 5) is 10.4. The third-order valence-corrected chi connectivity index (χ3v) is 2.89. The van der Waals surface area contributed by atoms with E-state index >= 15 is 0 Å². The first-order valence-corrected chi connectivity index (χ1v) is 5.60. The molecule has 0 spiro atoms. The van der Waals surface area contributed by atoms with Gasteiger partial charge in [-0.05, 0) is 32.0 Å². The van der Waals surface area contributed by atoms with Gasteiger partial charge >= 0.3 is 0 Å². The highest BCUT2D eigenvalue weighted by Gasteiger charge is 2.16. The van der Waals surface area contributed by atoms with Crippen LogP contribution in [-0.2, 0) is 0 Å². The molecule has 0 radical (unpaired) electrons. The van der Waals surface area contributed by atoms with Gasteiger partial charge in [0.05, 0.1) is 5.29 Å². The van der Waals surface area contributed by atoms with Gasteiger partial charge in [-0.15, -0.1) is 4.91 Å². The van der Waals surface area contributed by atoms with Crippen molar-refractivity contribution >= 4 is 17.3 Å². The van der Waals surface area contributed by atoms with E-state index in [9.17, 15) is 4.91 Å². The number of nitrogens with zero attached hydrogens (tertiary/aromatic N) is 2. The maximum absolute atomic E-state index is 10.4. The van der Waals surface area contributed by atoms with Crippen LogP contribution < -0.4 is 5.32 Å². The highest BCUT2D eigenvalue weighted by Crippen LogP contribution is 2.17. The molecule has 1 aliphatic rings. The van der Waals surface area contributed by atoms with Crippen LogP contribution in [0.25, 0.3) is 0 Å². The van der Waals surface area contributed by atoms with Crippen molar-refractivity contribution in [2.24, 2.45) is 5.29 Å². The fraction of sp³-hybridized carbons (Fsp3) is 0.889. The van der Waals surface area contributed by atoms with Crippen molar-refractivity contribution in [3.8, 4) is 0 Å². The molecule has 0 aromatic carbocycles. The fourth-order valence-electron chi connectivity index (χ4n) is 1.73. The molecule has 0 amide bonds. The Morgan fingerprint density at radius 3 is 2.64 bits per heavy atom. The molecular weight excluding hydrogens is 198 g/mol. The van der Waals surface area contributed by atoms with E-state index in [-0.39, 0.29) is 0 Å². The standard InChI is InChI=1S/C9H17N3OS/c1-2-12(11-13)9(14)10-8-6-4-3-5-7-8/h8H,2-7H2,1H3,(H,10,14). The molecule has 0 atom stereocenters. The summed E-state index contributed by atoms with van der Waals surface area (Å²) >= 11 is 5.08. The topological polar surface area (TPSA) is 44.7 Å². The second-order valence-corrected chi connectivity index (χ2v) is 3.97. The number of hydrogen-bond donors (Lipinski definition) is 1. The quantitative estimate of drug-likeness (QED) is 0.445. The molecule has 1 rings (SSSR count). The van der Waals surface area contributed by atoms with Crippen LogP contribution in [0.15, 0.2) is 5.29 Å². The van der Waals surface area contributed by atoms with Crippen molar-refractivity contribution < 1.29 is 0 Å². The highest BCUT2D eigenvalue weighted by molar-refractivity contribution is 7.80. The molecule has 0 aromatic heterocycles. The molecule has 0 saturated heterocycles. The zero-order chi connectivity index (χ0) is 10.4. The molecule has 0 bridgehead atoms. The Balaban J connectivity index is 2.34. The maximum Gasteiger partial charge on any atom is 0.192 e. The second-order valence-electron chi connectivity index (χ2n) is 3.58. The first-order valence-electron chi connectivity index (χ1n) is 5.19. The minimum Gasteiger partial charge on any atom is -0.358 e. The van der Waals surface area contributed by atoms with Crippen molar-refractivity contribution in [2.45, 2.75) is 45.1 Å². The van der Waals surface area contributed by atoms with Crippen molar-refractivity contribution in [2.75, 3.05) is 6.54 Å². The van der Waals surface area contributed by atoms with Crippen LogP contribution in [0.2, 0.25) is 0 Å². The molecule has 80 valence electrons. The molecule has 5 heteroatoms. The lowest BCUT2D eigenvalue weighted by Gasteiger charge is -2.26.